The monoisotopic (exact) mass is 305 g/mol. The lowest BCUT2D eigenvalue weighted by Crippen LogP contribution is -2.14. The Morgan fingerprint density at radius 2 is 2.29 bits per heavy atom. The summed E-state index contributed by atoms with van der Waals surface area (Å²) >= 11 is 5.87. The first-order valence-corrected chi connectivity index (χ1v) is 6.67. The van der Waals surface area contributed by atoms with Crippen LogP contribution in [0.25, 0.3) is 10.9 Å². The van der Waals surface area contributed by atoms with E-state index in [0.717, 1.165) is 0 Å². The number of nitrogens with one attached hydrogen (secondary N) is 1. The smallest absolute Gasteiger partial charge is 0.258 e. The van der Waals surface area contributed by atoms with E-state index in [2.05, 4.69) is 20.3 Å². The molecule has 0 radical (unpaired) electrons. The van der Waals surface area contributed by atoms with Gasteiger partial charge in [-0.05, 0) is 25.1 Å². The highest BCUT2D eigenvalue weighted by atomic mass is 35.5. The van der Waals surface area contributed by atoms with Gasteiger partial charge in [0.2, 0.25) is 0 Å². The van der Waals surface area contributed by atoms with E-state index in [-0.39, 0.29) is 12.1 Å². The summed E-state index contributed by atoms with van der Waals surface area (Å²) in [7, 11) is 0. The van der Waals surface area contributed by atoms with Crippen LogP contribution < -0.4 is 5.56 Å². The number of aromatic nitrogens is 5. The molecule has 0 amide bonds. The molecule has 8 heteroatoms. The Morgan fingerprint density at radius 3 is 3.00 bits per heavy atom. The number of nitrogens with zero attached hydrogens (tertiary/aromatic N) is 4. The topological polar surface area (TPSA) is 96.7 Å². The van der Waals surface area contributed by atoms with E-state index in [9.17, 15) is 9.90 Å². The van der Waals surface area contributed by atoms with Gasteiger partial charge in [0.15, 0.2) is 0 Å². The minimum absolute atomic E-state index is 0.256. The Hall–Kier alpha value is -2.25. The molecule has 0 fully saturated rings. The minimum Gasteiger partial charge on any atom is -0.387 e. The van der Waals surface area contributed by atoms with Gasteiger partial charge >= 0.3 is 0 Å². The summed E-state index contributed by atoms with van der Waals surface area (Å²) in [5.74, 6) is 0.455. The van der Waals surface area contributed by atoms with Crippen LogP contribution in [0.2, 0.25) is 5.02 Å². The van der Waals surface area contributed by atoms with Crippen LogP contribution >= 0.6 is 11.6 Å². The fraction of sp³-hybridized carbons (Fsp3) is 0.231. The van der Waals surface area contributed by atoms with E-state index < -0.39 is 6.10 Å². The van der Waals surface area contributed by atoms with Crippen molar-refractivity contribution in [1.82, 2.24) is 25.0 Å². The van der Waals surface area contributed by atoms with Crippen molar-refractivity contribution in [2.75, 3.05) is 0 Å². The largest absolute Gasteiger partial charge is 0.387 e. The number of hydrogen-bond acceptors (Lipinski definition) is 5. The molecule has 0 aliphatic heterocycles. The molecule has 0 saturated heterocycles. The van der Waals surface area contributed by atoms with E-state index >= 15 is 0 Å². The molecule has 0 bridgehead atoms. The first kappa shape index (κ1) is 13.7. The Morgan fingerprint density at radius 1 is 1.48 bits per heavy atom. The normalized spacial score (nSPS) is 12.7. The first-order valence-electron chi connectivity index (χ1n) is 6.29. The zero-order valence-electron chi connectivity index (χ0n) is 11.1. The second-order valence-corrected chi connectivity index (χ2v) is 5.13. The van der Waals surface area contributed by atoms with Crippen LogP contribution in [0.5, 0.6) is 0 Å². The van der Waals surface area contributed by atoms with E-state index in [0.29, 0.717) is 27.4 Å². The standard InChI is InChI=1S/C13H12ClN5O2/c1-7(20)11-5-19(18-17-11)6-12-15-10-3-2-8(14)4-9(10)13(21)16-12/h2-5,7,20H,6H2,1H3,(H,15,16,21). The van der Waals surface area contributed by atoms with Crippen LogP contribution in [0.15, 0.2) is 29.2 Å². The predicted molar refractivity (Wildman–Crippen MR) is 77.1 cm³/mol. The third-order valence-corrected chi connectivity index (χ3v) is 3.25. The van der Waals surface area contributed by atoms with Gasteiger partial charge in [-0.25, -0.2) is 9.67 Å². The van der Waals surface area contributed by atoms with Gasteiger partial charge in [-0.15, -0.1) is 5.10 Å². The van der Waals surface area contributed by atoms with E-state index in [1.165, 1.54) is 4.68 Å². The van der Waals surface area contributed by atoms with Gasteiger partial charge in [0.1, 0.15) is 18.1 Å². The molecule has 2 heterocycles. The van der Waals surface area contributed by atoms with Crippen molar-refractivity contribution in [1.29, 1.82) is 0 Å². The molecule has 0 aliphatic rings. The fourth-order valence-electron chi connectivity index (χ4n) is 1.97. The zero-order valence-corrected chi connectivity index (χ0v) is 11.9. The molecule has 1 aromatic carbocycles. The van der Waals surface area contributed by atoms with Gasteiger partial charge in [0.25, 0.3) is 5.56 Å². The minimum atomic E-state index is -0.690. The third kappa shape index (κ3) is 2.79. The lowest BCUT2D eigenvalue weighted by molar-refractivity contribution is 0.194. The van der Waals surface area contributed by atoms with Gasteiger partial charge in [0.05, 0.1) is 23.2 Å². The second-order valence-electron chi connectivity index (χ2n) is 4.69. The van der Waals surface area contributed by atoms with Crippen molar-refractivity contribution in [2.45, 2.75) is 19.6 Å². The quantitative estimate of drug-likeness (QED) is 0.759. The molecule has 21 heavy (non-hydrogen) atoms. The summed E-state index contributed by atoms with van der Waals surface area (Å²) in [6, 6.07) is 4.95. The average molecular weight is 306 g/mol. The lowest BCUT2D eigenvalue weighted by atomic mass is 10.2. The summed E-state index contributed by atoms with van der Waals surface area (Å²) in [6.07, 6.45) is 0.918. The fourth-order valence-corrected chi connectivity index (χ4v) is 2.14. The summed E-state index contributed by atoms with van der Waals surface area (Å²) in [5, 5.41) is 18.1. The average Bonchev–Trinajstić information content (AvgIpc) is 2.88. The zero-order chi connectivity index (χ0) is 15.0. The van der Waals surface area contributed by atoms with Crippen LogP contribution in [0.3, 0.4) is 0 Å². The number of rotatable bonds is 3. The first-order chi connectivity index (χ1) is 10.0. The molecule has 108 valence electrons. The predicted octanol–water partition coefficient (Wildman–Crippen LogP) is 1.27. The van der Waals surface area contributed by atoms with Crippen molar-refractivity contribution in [3.8, 4) is 0 Å². The molecule has 7 nitrogen and oxygen atoms in total. The lowest BCUT2D eigenvalue weighted by Gasteiger charge is -2.03. The van der Waals surface area contributed by atoms with Gasteiger partial charge in [-0.1, -0.05) is 16.8 Å². The van der Waals surface area contributed by atoms with Crippen LogP contribution in [0.1, 0.15) is 24.5 Å². The number of H-pyrrole nitrogens is 1. The van der Waals surface area contributed by atoms with Gasteiger partial charge in [-0.3, -0.25) is 4.79 Å². The van der Waals surface area contributed by atoms with Crippen LogP contribution in [-0.4, -0.2) is 30.1 Å². The van der Waals surface area contributed by atoms with Crippen molar-refractivity contribution in [3.63, 3.8) is 0 Å². The highest BCUT2D eigenvalue weighted by Gasteiger charge is 2.09. The molecule has 1 atom stereocenters. The van der Waals surface area contributed by atoms with E-state index in [1.807, 2.05) is 0 Å². The van der Waals surface area contributed by atoms with Crippen molar-refractivity contribution < 1.29 is 5.11 Å². The molecule has 2 N–H and O–H groups in total. The maximum atomic E-state index is 12.0. The molecule has 3 rings (SSSR count). The number of halogens is 1. The van der Waals surface area contributed by atoms with E-state index in [1.54, 1.807) is 31.3 Å². The molecular weight excluding hydrogens is 294 g/mol. The van der Waals surface area contributed by atoms with Gasteiger partial charge < -0.3 is 10.1 Å². The third-order valence-electron chi connectivity index (χ3n) is 3.01. The highest BCUT2D eigenvalue weighted by Crippen LogP contribution is 2.14. The number of benzene rings is 1. The highest BCUT2D eigenvalue weighted by molar-refractivity contribution is 6.31. The van der Waals surface area contributed by atoms with Crippen LogP contribution in [0.4, 0.5) is 0 Å². The Kier molecular flexibility index (Phi) is 3.44. The summed E-state index contributed by atoms with van der Waals surface area (Å²) in [6.45, 7) is 1.86. The summed E-state index contributed by atoms with van der Waals surface area (Å²) in [4.78, 5) is 19.1. The molecule has 0 aliphatic carbocycles. The molecular formula is C13H12ClN5O2. The summed E-state index contributed by atoms with van der Waals surface area (Å²) < 4.78 is 1.50. The van der Waals surface area contributed by atoms with Crippen molar-refractivity contribution in [2.24, 2.45) is 0 Å². The maximum Gasteiger partial charge on any atom is 0.258 e. The maximum absolute atomic E-state index is 12.0. The summed E-state index contributed by atoms with van der Waals surface area (Å²) in [5.41, 5.74) is 0.771. The van der Waals surface area contributed by atoms with Crippen LogP contribution in [0, 0.1) is 0 Å². The molecule has 0 spiro atoms. The molecule has 1 unspecified atom stereocenters. The number of aliphatic hydroxyl groups excluding tert-OH is 1. The number of hydrogen-bond donors (Lipinski definition) is 2. The van der Waals surface area contributed by atoms with Gasteiger partial charge in [0, 0.05) is 5.02 Å². The number of aromatic amines is 1. The Bertz CT molecular complexity index is 855. The van der Waals surface area contributed by atoms with Crippen molar-refractivity contribution in [3.05, 3.63) is 51.3 Å². The second kappa shape index (κ2) is 5.27. The number of fused-ring (bicyclic) bond motifs is 1. The molecule has 0 saturated carbocycles. The van der Waals surface area contributed by atoms with Crippen LogP contribution in [-0.2, 0) is 6.54 Å². The Labute approximate surface area is 124 Å². The SMILES string of the molecule is CC(O)c1cn(Cc2nc3ccc(Cl)cc3c(=O)[nH]2)nn1. The van der Waals surface area contributed by atoms with E-state index in [4.69, 9.17) is 11.6 Å². The molecule has 2 aromatic heterocycles. The molecule has 3 aromatic rings. The Balaban J connectivity index is 1.97. The van der Waals surface area contributed by atoms with Crippen molar-refractivity contribution >= 4 is 22.5 Å². The number of aliphatic hydroxyl groups is 1. The van der Waals surface area contributed by atoms with Gasteiger partial charge in [-0.2, -0.15) is 0 Å².